The smallest absolute Gasteiger partial charge is 0.165 e. The van der Waals surface area contributed by atoms with Crippen molar-refractivity contribution in [2.75, 3.05) is 5.75 Å². The summed E-state index contributed by atoms with van der Waals surface area (Å²) in [6.07, 6.45) is 1.14. The molecule has 0 bridgehead atoms. The molecule has 0 radical (unpaired) electrons. The summed E-state index contributed by atoms with van der Waals surface area (Å²) in [6.45, 7) is 2.13. The van der Waals surface area contributed by atoms with Gasteiger partial charge in [-0.2, -0.15) is 0 Å². The van der Waals surface area contributed by atoms with E-state index in [0.717, 1.165) is 17.7 Å². The minimum atomic E-state index is -0.548. The molecular weight excluding hydrogens is 213 g/mol. The van der Waals surface area contributed by atoms with Crippen molar-refractivity contribution in [3.63, 3.8) is 0 Å². The van der Waals surface area contributed by atoms with Gasteiger partial charge in [-0.3, -0.25) is 5.32 Å². The van der Waals surface area contributed by atoms with Crippen LogP contribution < -0.4 is 5.32 Å². The van der Waals surface area contributed by atoms with Crippen LogP contribution in [0.1, 0.15) is 24.3 Å². The van der Waals surface area contributed by atoms with E-state index in [1.54, 1.807) is 17.8 Å². The van der Waals surface area contributed by atoms with Gasteiger partial charge in [0.1, 0.15) is 0 Å². The highest BCUT2D eigenvalue weighted by Gasteiger charge is 2.20. The van der Waals surface area contributed by atoms with E-state index in [4.69, 9.17) is 5.11 Å². The Morgan fingerprint density at radius 1 is 1.53 bits per heavy atom. The fourth-order valence-corrected chi connectivity index (χ4v) is 3.02. The van der Waals surface area contributed by atoms with Gasteiger partial charge in [-0.1, -0.05) is 6.07 Å². The molecule has 1 aliphatic rings. The first-order chi connectivity index (χ1) is 7.16. The fourth-order valence-electron chi connectivity index (χ4n) is 1.63. The third kappa shape index (κ3) is 2.44. The Kier molecular flexibility index (Phi) is 3.17. The second kappa shape index (κ2) is 4.41. The standard InChI is InChI=1S/C11H14FNOS/c1-7-4-5-15-11(13-7)8-2-3-10(14)9(12)6-8/h2-3,6-7,11,13-14H,4-5H2,1H3. The number of phenols is 1. The van der Waals surface area contributed by atoms with Crippen LogP contribution in [-0.2, 0) is 0 Å². The van der Waals surface area contributed by atoms with Crippen LogP contribution in [0.5, 0.6) is 5.75 Å². The number of hydrogen-bond donors (Lipinski definition) is 2. The first-order valence-corrected chi connectivity index (χ1v) is 6.08. The Labute approximate surface area is 92.9 Å². The van der Waals surface area contributed by atoms with E-state index >= 15 is 0 Å². The molecule has 1 heterocycles. The summed E-state index contributed by atoms with van der Waals surface area (Å²) in [5.74, 6) is 0.252. The van der Waals surface area contributed by atoms with Gasteiger partial charge in [-0.15, -0.1) is 11.8 Å². The predicted molar refractivity (Wildman–Crippen MR) is 60.5 cm³/mol. The highest BCUT2D eigenvalue weighted by Crippen LogP contribution is 2.32. The quantitative estimate of drug-likeness (QED) is 0.773. The Bertz CT molecular complexity index is 358. The molecule has 2 unspecified atom stereocenters. The monoisotopic (exact) mass is 227 g/mol. The van der Waals surface area contributed by atoms with Gasteiger partial charge in [0.05, 0.1) is 5.37 Å². The van der Waals surface area contributed by atoms with Crippen LogP contribution in [0.3, 0.4) is 0 Å². The summed E-state index contributed by atoms with van der Waals surface area (Å²) in [6, 6.07) is 5.04. The predicted octanol–water partition coefficient (Wildman–Crippen LogP) is 2.64. The first kappa shape index (κ1) is 10.8. The second-order valence-corrected chi connectivity index (χ2v) is 5.03. The largest absolute Gasteiger partial charge is 0.505 e. The van der Waals surface area contributed by atoms with Gasteiger partial charge in [0.2, 0.25) is 0 Å². The van der Waals surface area contributed by atoms with Crippen molar-refractivity contribution in [1.82, 2.24) is 5.32 Å². The molecule has 0 aliphatic carbocycles. The van der Waals surface area contributed by atoms with Crippen molar-refractivity contribution in [3.05, 3.63) is 29.6 Å². The molecule has 2 N–H and O–H groups in total. The van der Waals surface area contributed by atoms with Crippen LogP contribution in [0.4, 0.5) is 4.39 Å². The van der Waals surface area contributed by atoms with Crippen molar-refractivity contribution < 1.29 is 9.50 Å². The minimum absolute atomic E-state index is 0.142. The number of benzene rings is 1. The van der Waals surface area contributed by atoms with Crippen LogP contribution in [0, 0.1) is 5.82 Å². The number of hydrogen-bond acceptors (Lipinski definition) is 3. The molecule has 0 saturated carbocycles. The second-order valence-electron chi connectivity index (χ2n) is 3.82. The summed E-state index contributed by atoms with van der Waals surface area (Å²) in [5.41, 5.74) is 0.891. The Morgan fingerprint density at radius 2 is 2.33 bits per heavy atom. The number of halogens is 1. The number of rotatable bonds is 1. The highest BCUT2D eigenvalue weighted by molar-refractivity contribution is 7.99. The van der Waals surface area contributed by atoms with E-state index in [9.17, 15) is 4.39 Å². The lowest BCUT2D eigenvalue weighted by Gasteiger charge is -2.28. The maximum absolute atomic E-state index is 13.1. The van der Waals surface area contributed by atoms with Gasteiger partial charge < -0.3 is 5.11 Å². The van der Waals surface area contributed by atoms with E-state index in [-0.39, 0.29) is 11.1 Å². The summed E-state index contributed by atoms with van der Waals surface area (Å²) in [5, 5.41) is 12.6. The van der Waals surface area contributed by atoms with E-state index in [2.05, 4.69) is 12.2 Å². The Balaban J connectivity index is 2.18. The summed E-state index contributed by atoms with van der Waals surface area (Å²) < 4.78 is 13.1. The molecule has 4 heteroatoms. The van der Waals surface area contributed by atoms with Crippen LogP contribution in [0.25, 0.3) is 0 Å². The summed E-state index contributed by atoms with van der Waals surface area (Å²) >= 11 is 1.78. The molecule has 0 spiro atoms. The molecule has 0 aromatic heterocycles. The first-order valence-electron chi connectivity index (χ1n) is 5.03. The third-order valence-electron chi connectivity index (χ3n) is 2.55. The maximum atomic E-state index is 13.1. The lowest BCUT2D eigenvalue weighted by atomic mass is 10.1. The third-order valence-corrected chi connectivity index (χ3v) is 3.76. The van der Waals surface area contributed by atoms with Crippen LogP contribution >= 0.6 is 11.8 Å². The zero-order chi connectivity index (χ0) is 10.8. The number of nitrogens with one attached hydrogen (secondary N) is 1. The highest BCUT2D eigenvalue weighted by atomic mass is 32.2. The van der Waals surface area contributed by atoms with Gasteiger partial charge in [-0.05, 0) is 36.8 Å². The molecule has 1 aromatic rings. The zero-order valence-corrected chi connectivity index (χ0v) is 9.35. The Morgan fingerprint density at radius 3 is 3.00 bits per heavy atom. The molecule has 2 nitrogen and oxygen atoms in total. The van der Waals surface area contributed by atoms with Crippen LogP contribution in [0.2, 0.25) is 0 Å². The van der Waals surface area contributed by atoms with Gasteiger partial charge in [-0.25, -0.2) is 4.39 Å². The topological polar surface area (TPSA) is 32.3 Å². The molecule has 15 heavy (non-hydrogen) atoms. The summed E-state index contributed by atoms with van der Waals surface area (Å²) in [4.78, 5) is 0. The lowest BCUT2D eigenvalue weighted by Crippen LogP contribution is -2.33. The molecular formula is C11H14FNOS. The number of aromatic hydroxyl groups is 1. The average Bonchev–Trinajstić information content (AvgIpc) is 2.22. The van der Waals surface area contributed by atoms with Crippen molar-refractivity contribution in [2.24, 2.45) is 0 Å². The molecule has 2 rings (SSSR count). The summed E-state index contributed by atoms with van der Waals surface area (Å²) in [7, 11) is 0. The van der Waals surface area contributed by atoms with Gasteiger partial charge >= 0.3 is 0 Å². The normalized spacial score (nSPS) is 26.5. The SMILES string of the molecule is CC1CCSC(c2ccc(O)c(F)c2)N1. The molecule has 0 amide bonds. The van der Waals surface area contributed by atoms with Crippen molar-refractivity contribution in [3.8, 4) is 5.75 Å². The van der Waals surface area contributed by atoms with Gasteiger partial charge in [0, 0.05) is 6.04 Å². The van der Waals surface area contributed by atoms with E-state index < -0.39 is 5.82 Å². The molecule has 1 saturated heterocycles. The van der Waals surface area contributed by atoms with E-state index in [1.807, 2.05) is 0 Å². The van der Waals surface area contributed by atoms with Crippen molar-refractivity contribution in [1.29, 1.82) is 0 Å². The molecule has 1 aromatic carbocycles. The Hall–Kier alpha value is -0.740. The average molecular weight is 227 g/mol. The minimum Gasteiger partial charge on any atom is -0.505 e. The van der Waals surface area contributed by atoms with Gasteiger partial charge in [0.25, 0.3) is 0 Å². The number of phenolic OH excluding ortho intramolecular Hbond substituents is 1. The fraction of sp³-hybridized carbons (Fsp3) is 0.455. The zero-order valence-electron chi connectivity index (χ0n) is 8.53. The van der Waals surface area contributed by atoms with E-state index in [1.165, 1.54) is 12.1 Å². The van der Waals surface area contributed by atoms with Crippen molar-refractivity contribution in [2.45, 2.75) is 24.8 Å². The maximum Gasteiger partial charge on any atom is 0.165 e. The van der Waals surface area contributed by atoms with E-state index in [0.29, 0.717) is 6.04 Å². The number of thioether (sulfide) groups is 1. The van der Waals surface area contributed by atoms with Crippen molar-refractivity contribution >= 4 is 11.8 Å². The lowest BCUT2D eigenvalue weighted by molar-refractivity contribution is 0.430. The molecule has 82 valence electrons. The van der Waals surface area contributed by atoms with Crippen LogP contribution in [0.15, 0.2) is 18.2 Å². The van der Waals surface area contributed by atoms with Gasteiger partial charge in [0.15, 0.2) is 11.6 Å². The molecule has 2 atom stereocenters. The molecule has 1 aliphatic heterocycles. The molecule has 1 fully saturated rings. The van der Waals surface area contributed by atoms with Crippen LogP contribution in [-0.4, -0.2) is 16.9 Å².